The van der Waals surface area contributed by atoms with Gasteiger partial charge in [-0.3, -0.25) is 4.98 Å². The number of aromatic nitrogens is 4. The molecule has 8 nitrogen and oxygen atoms in total. The number of thiazole rings is 1. The summed E-state index contributed by atoms with van der Waals surface area (Å²) in [5, 5.41) is 17.2. The smallest absolute Gasteiger partial charge is 0.148 e. The van der Waals surface area contributed by atoms with Crippen molar-refractivity contribution < 1.29 is 9.90 Å². The van der Waals surface area contributed by atoms with E-state index in [9.17, 15) is 9.90 Å². The Kier molecular flexibility index (Phi) is 8.22. The first-order valence-electron chi connectivity index (χ1n) is 11.0. The summed E-state index contributed by atoms with van der Waals surface area (Å²) in [6, 6.07) is 2.13. The fourth-order valence-electron chi connectivity index (χ4n) is 3.92. The van der Waals surface area contributed by atoms with Crippen LogP contribution in [-0.2, 0) is 4.79 Å². The average Bonchev–Trinajstić information content (AvgIpc) is 3.41. The Morgan fingerprint density at radius 2 is 1.97 bits per heavy atom. The summed E-state index contributed by atoms with van der Waals surface area (Å²) in [7, 11) is 1.93. The molecule has 0 radical (unpaired) electrons. The van der Waals surface area contributed by atoms with Crippen LogP contribution in [0.3, 0.4) is 0 Å². The molecule has 172 valence electrons. The van der Waals surface area contributed by atoms with Gasteiger partial charge in [-0.25, -0.2) is 15.0 Å². The summed E-state index contributed by atoms with van der Waals surface area (Å²) < 4.78 is 1.09. The van der Waals surface area contributed by atoms with E-state index in [2.05, 4.69) is 32.5 Å². The van der Waals surface area contributed by atoms with E-state index in [0.29, 0.717) is 12.1 Å². The van der Waals surface area contributed by atoms with Crippen LogP contribution in [0.25, 0.3) is 20.8 Å². The lowest BCUT2D eigenvalue weighted by molar-refractivity contribution is -0.117. The van der Waals surface area contributed by atoms with Gasteiger partial charge in [0.05, 0.1) is 21.7 Å². The van der Waals surface area contributed by atoms with E-state index in [4.69, 9.17) is 4.98 Å². The number of nitrogens with zero attached hydrogens (tertiary/aromatic N) is 4. The largest absolute Gasteiger partial charge is 0.385 e. The number of nitrogens with one attached hydrogen (secondary N) is 2. The number of aliphatic hydroxyl groups excluding tert-OH is 1. The zero-order valence-electron chi connectivity index (χ0n) is 19.3. The van der Waals surface area contributed by atoms with E-state index in [-0.39, 0.29) is 12.0 Å². The Morgan fingerprint density at radius 3 is 2.62 bits per heavy atom. The summed E-state index contributed by atoms with van der Waals surface area (Å²) in [5.74, 6) is 1.46. The third kappa shape index (κ3) is 5.46. The normalized spacial score (nSPS) is 18.8. The molecular formula is C23H32N6O2S. The van der Waals surface area contributed by atoms with E-state index >= 15 is 0 Å². The Labute approximate surface area is 192 Å². The van der Waals surface area contributed by atoms with Crippen LogP contribution >= 0.6 is 11.3 Å². The fourth-order valence-corrected chi connectivity index (χ4v) is 5.03. The lowest BCUT2D eigenvalue weighted by atomic mass is 10.0. The van der Waals surface area contributed by atoms with Gasteiger partial charge in [-0.15, -0.1) is 11.3 Å². The first kappa shape index (κ1) is 24.2. The lowest BCUT2D eigenvalue weighted by Gasteiger charge is -2.18. The minimum atomic E-state index is -0.889. The molecule has 9 heteroatoms. The van der Waals surface area contributed by atoms with E-state index < -0.39 is 6.10 Å². The monoisotopic (exact) mass is 456 g/mol. The van der Waals surface area contributed by atoms with Crippen LogP contribution in [-0.4, -0.2) is 57.1 Å². The van der Waals surface area contributed by atoms with Crippen molar-refractivity contribution in [1.82, 2.24) is 25.3 Å². The molecule has 3 aromatic rings. The molecular weight excluding hydrogens is 424 g/mol. The molecule has 0 saturated heterocycles. The number of aldehydes is 1. The zero-order valence-corrected chi connectivity index (χ0v) is 20.2. The molecule has 32 heavy (non-hydrogen) atoms. The molecule has 0 bridgehead atoms. The standard InChI is InChI=1S/C20H23N5O2S.C3H9N/c1-10-17(20-25-18-11(2)21-7-6-16(18)28-20)19(23-12(3)22-10)24-14-5-4-13(8-14)15(27)9-26;1-3-4-2/h6-7,9,13-15,27H,4-5,8H2,1-3H3,(H,22,23,24);4H,3H2,1-2H3. The number of carbonyl (C=O) groups is 1. The van der Waals surface area contributed by atoms with Gasteiger partial charge in [0.1, 0.15) is 34.6 Å². The quantitative estimate of drug-likeness (QED) is 0.484. The van der Waals surface area contributed by atoms with Gasteiger partial charge >= 0.3 is 0 Å². The molecule has 1 aliphatic carbocycles. The first-order chi connectivity index (χ1) is 15.4. The number of hydrogen-bond acceptors (Lipinski definition) is 9. The Hall–Kier alpha value is -2.49. The third-order valence-corrected chi connectivity index (χ3v) is 6.73. The third-order valence-electron chi connectivity index (χ3n) is 5.70. The van der Waals surface area contributed by atoms with Gasteiger partial charge in [0.15, 0.2) is 0 Å². The molecule has 3 N–H and O–H groups in total. The summed E-state index contributed by atoms with van der Waals surface area (Å²) in [4.78, 5) is 29.2. The van der Waals surface area contributed by atoms with Crippen LogP contribution in [0.15, 0.2) is 12.3 Å². The van der Waals surface area contributed by atoms with Gasteiger partial charge in [-0.05, 0) is 65.6 Å². The maximum absolute atomic E-state index is 10.9. The molecule has 3 aromatic heterocycles. The summed E-state index contributed by atoms with van der Waals surface area (Å²) in [6.07, 6.45) is 4.00. The first-order valence-corrected chi connectivity index (χ1v) is 11.8. The molecule has 4 rings (SSSR count). The molecule has 0 aromatic carbocycles. The predicted octanol–water partition coefficient (Wildman–Crippen LogP) is 3.44. The molecule has 1 aliphatic rings. The molecule has 3 atom stereocenters. The SMILES string of the molecule is CCNC.Cc1nc(C)c(-c2nc3c(C)nccc3s2)c(NC2CCC(C(O)C=O)C2)n1. The molecule has 0 spiro atoms. The van der Waals surface area contributed by atoms with Gasteiger partial charge in [0.25, 0.3) is 0 Å². The van der Waals surface area contributed by atoms with Crippen LogP contribution in [0.5, 0.6) is 0 Å². The van der Waals surface area contributed by atoms with Crippen LogP contribution in [0.1, 0.15) is 43.4 Å². The van der Waals surface area contributed by atoms with Gasteiger partial charge in [-0.1, -0.05) is 6.92 Å². The second kappa shape index (κ2) is 10.9. The van der Waals surface area contributed by atoms with E-state index in [1.165, 1.54) is 0 Å². The van der Waals surface area contributed by atoms with Crippen molar-refractivity contribution in [2.75, 3.05) is 18.9 Å². The number of aliphatic hydroxyl groups is 1. The Bertz CT molecular complexity index is 1070. The maximum atomic E-state index is 10.9. The minimum Gasteiger partial charge on any atom is -0.385 e. The Balaban J connectivity index is 0.000000668. The number of anilines is 1. The highest BCUT2D eigenvalue weighted by Gasteiger charge is 2.31. The van der Waals surface area contributed by atoms with Crippen LogP contribution < -0.4 is 10.6 Å². The fraction of sp³-hybridized carbons (Fsp3) is 0.522. The topological polar surface area (TPSA) is 113 Å². The van der Waals surface area contributed by atoms with Crippen LogP contribution in [0.4, 0.5) is 5.82 Å². The summed E-state index contributed by atoms with van der Waals surface area (Å²) in [6.45, 7) is 8.95. The molecule has 0 amide bonds. The number of pyridine rings is 1. The highest BCUT2D eigenvalue weighted by atomic mass is 32.1. The number of carbonyl (C=O) groups excluding carboxylic acids is 1. The number of aryl methyl sites for hydroxylation is 3. The average molecular weight is 457 g/mol. The van der Waals surface area contributed by atoms with Crippen molar-refractivity contribution in [3.05, 3.63) is 29.5 Å². The van der Waals surface area contributed by atoms with Crippen molar-refractivity contribution in [3.8, 4) is 10.6 Å². The van der Waals surface area contributed by atoms with Crippen molar-refractivity contribution >= 4 is 33.7 Å². The summed E-state index contributed by atoms with van der Waals surface area (Å²) in [5.41, 5.74) is 3.60. The number of fused-ring (bicyclic) bond motifs is 1. The van der Waals surface area contributed by atoms with Crippen molar-refractivity contribution in [2.45, 2.75) is 59.1 Å². The minimum absolute atomic E-state index is 0.00124. The predicted molar refractivity (Wildman–Crippen MR) is 129 cm³/mol. The van der Waals surface area contributed by atoms with Crippen LogP contribution in [0, 0.1) is 26.7 Å². The van der Waals surface area contributed by atoms with Crippen molar-refractivity contribution in [1.29, 1.82) is 0 Å². The number of hydrogen-bond donors (Lipinski definition) is 3. The lowest BCUT2D eigenvalue weighted by Crippen LogP contribution is -2.23. The van der Waals surface area contributed by atoms with Gasteiger partial charge < -0.3 is 20.5 Å². The Morgan fingerprint density at radius 1 is 1.22 bits per heavy atom. The highest BCUT2D eigenvalue weighted by Crippen LogP contribution is 2.38. The molecule has 3 unspecified atom stereocenters. The second-order valence-corrected chi connectivity index (χ2v) is 9.12. The highest BCUT2D eigenvalue weighted by molar-refractivity contribution is 7.21. The van der Waals surface area contributed by atoms with Gasteiger partial charge in [-0.2, -0.15) is 0 Å². The van der Waals surface area contributed by atoms with Gasteiger partial charge in [0, 0.05) is 12.2 Å². The molecule has 3 heterocycles. The van der Waals surface area contributed by atoms with E-state index in [1.54, 1.807) is 17.5 Å². The maximum Gasteiger partial charge on any atom is 0.148 e. The van der Waals surface area contributed by atoms with Crippen LogP contribution in [0.2, 0.25) is 0 Å². The molecule has 1 saturated carbocycles. The zero-order chi connectivity index (χ0) is 23.3. The molecule has 1 fully saturated rings. The second-order valence-electron chi connectivity index (χ2n) is 8.09. The molecule has 0 aliphatic heterocycles. The van der Waals surface area contributed by atoms with E-state index in [0.717, 1.165) is 63.8 Å². The van der Waals surface area contributed by atoms with Crippen molar-refractivity contribution in [3.63, 3.8) is 0 Å². The summed E-state index contributed by atoms with van der Waals surface area (Å²) >= 11 is 1.61. The van der Waals surface area contributed by atoms with E-state index in [1.807, 2.05) is 33.9 Å². The number of rotatable bonds is 6. The van der Waals surface area contributed by atoms with Gasteiger partial charge in [0.2, 0.25) is 0 Å². The van der Waals surface area contributed by atoms with Crippen molar-refractivity contribution in [2.24, 2.45) is 5.92 Å².